The summed E-state index contributed by atoms with van der Waals surface area (Å²) in [5.74, 6) is 0. The molecule has 0 bridgehead atoms. The molecule has 0 amide bonds. The van der Waals surface area contributed by atoms with E-state index in [1.807, 2.05) is 18.2 Å². The fraction of sp³-hybridized carbons (Fsp3) is 0. The van der Waals surface area contributed by atoms with Gasteiger partial charge >= 0.3 is 0 Å². The zero-order valence-corrected chi connectivity index (χ0v) is 29.2. The lowest BCUT2D eigenvalue weighted by atomic mass is 9.84. The van der Waals surface area contributed by atoms with Crippen LogP contribution in [0.25, 0.3) is 120 Å². The molecule has 0 aliphatic rings. The molecule has 0 aliphatic carbocycles. The van der Waals surface area contributed by atoms with E-state index in [0.29, 0.717) is 0 Å². The number of fused-ring (bicyclic) bond motifs is 4. The molecule has 12 rings (SSSR count). The SMILES string of the molecule is c1ccc(-c2ccc(-c3c4ccccc4c(-c4cc5ccc6cccc7c8cccc9ccc%10cccc(c(c4)c5c67)c%10c98)c4ccccc34)nn2)cc1. The Balaban J connectivity index is 1.22. The van der Waals surface area contributed by atoms with Gasteiger partial charge < -0.3 is 0 Å². The predicted octanol–water partition coefficient (Wildman–Crippen LogP) is 14.1. The largest absolute Gasteiger partial charge is 0.150 e. The Morgan fingerprint density at radius 3 is 1.20 bits per heavy atom. The molecule has 1 heterocycles. The van der Waals surface area contributed by atoms with Crippen LogP contribution in [-0.4, -0.2) is 10.2 Å². The van der Waals surface area contributed by atoms with E-state index in [1.165, 1.54) is 86.5 Å². The van der Waals surface area contributed by atoms with Gasteiger partial charge in [-0.05, 0) is 122 Å². The number of hydrogen-bond donors (Lipinski definition) is 0. The van der Waals surface area contributed by atoms with Gasteiger partial charge in [0.25, 0.3) is 0 Å². The summed E-state index contributed by atoms with van der Waals surface area (Å²) in [6, 6.07) is 66.6. The Labute approximate surface area is 310 Å². The van der Waals surface area contributed by atoms with Gasteiger partial charge in [0, 0.05) is 11.1 Å². The summed E-state index contributed by atoms with van der Waals surface area (Å²) in [5.41, 5.74) is 6.34. The minimum atomic E-state index is 0.866. The van der Waals surface area contributed by atoms with Crippen molar-refractivity contribution in [3.05, 3.63) is 182 Å². The van der Waals surface area contributed by atoms with Crippen molar-refractivity contribution in [2.45, 2.75) is 0 Å². The number of rotatable bonds is 3. The molecule has 2 heteroatoms. The highest BCUT2D eigenvalue weighted by Crippen LogP contribution is 2.48. The van der Waals surface area contributed by atoms with Crippen molar-refractivity contribution in [1.29, 1.82) is 0 Å². The first-order valence-corrected chi connectivity index (χ1v) is 18.6. The van der Waals surface area contributed by atoms with E-state index >= 15 is 0 Å². The van der Waals surface area contributed by atoms with Gasteiger partial charge in [-0.25, -0.2) is 0 Å². The fourth-order valence-corrected chi connectivity index (χ4v) is 9.37. The van der Waals surface area contributed by atoms with E-state index in [0.717, 1.165) is 33.3 Å². The van der Waals surface area contributed by atoms with Crippen molar-refractivity contribution < 1.29 is 0 Å². The van der Waals surface area contributed by atoms with Crippen LogP contribution in [0.3, 0.4) is 0 Å². The van der Waals surface area contributed by atoms with Crippen LogP contribution in [0.4, 0.5) is 0 Å². The van der Waals surface area contributed by atoms with Gasteiger partial charge in [0.2, 0.25) is 0 Å². The molecule has 0 aliphatic heterocycles. The van der Waals surface area contributed by atoms with Crippen LogP contribution < -0.4 is 0 Å². The molecule has 0 radical (unpaired) electrons. The van der Waals surface area contributed by atoms with E-state index in [-0.39, 0.29) is 0 Å². The maximum Gasteiger partial charge on any atom is 0.0942 e. The first-order valence-electron chi connectivity index (χ1n) is 18.6. The standard InChI is InChI=1S/C52H30N2/c1-2-11-31(12-3-1)45-27-28-46(54-53-45)52-41-18-6-4-16-37(41)47(38-17-5-7-19-42(38)52)36-29-35-26-25-34-14-9-21-40-39-20-8-13-32-23-24-33-15-10-22-43(50(33)48(32)39)44(30-36)51(35)49(34)40/h1-30H. The minimum absolute atomic E-state index is 0.866. The predicted molar refractivity (Wildman–Crippen MR) is 230 cm³/mol. The van der Waals surface area contributed by atoms with E-state index in [2.05, 4.69) is 164 Å². The van der Waals surface area contributed by atoms with E-state index in [4.69, 9.17) is 10.2 Å². The Hall–Kier alpha value is -7.16. The molecular weight excluding hydrogens is 653 g/mol. The first-order chi connectivity index (χ1) is 26.8. The number of hydrogen-bond acceptors (Lipinski definition) is 2. The second kappa shape index (κ2) is 11.2. The van der Waals surface area contributed by atoms with Crippen LogP contribution >= 0.6 is 0 Å². The summed E-state index contributed by atoms with van der Waals surface area (Å²) in [6.07, 6.45) is 0. The Bertz CT molecular complexity index is 3410. The first kappa shape index (κ1) is 29.4. The van der Waals surface area contributed by atoms with Crippen molar-refractivity contribution in [2.24, 2.45) is 0 Å². The zero-order valence-electron chi connectivity index (χ0n) is 29.2. The highest BCUT2D eigenvalue weighted by atomic mass is 15.1. The maximum atomic E-state index is 4.86. The van der Waals surface area contributed by atoms with Crippen LogP contribution in [0.15, 0.2) is 182 Å². The molecule has 0 fully saturated rings. The molecule has 0 saturated heterocycles. The van der Waals surface area contributed by atoms with Crippen molar-refractivity contribution in [2.75, 3.05) is 0 Å². The minimum Gasteiger partial charge on any atom is -0.150 e. The molecule has 0 saturated carbocycles. The molecular formula is C52H30N2. The van der Waals surface area contributed by atoms with Gasteiger partial charge in [0.05, 0.1) is 11.4 Å². The van der Waals surface area contributed by atoms with Gasteiger partial charge in [-0.15, -0.1) is 10.2 Å². The number of aromatic nitrogens is 2. The Morgan fingerprint density at radius 1 is 0.241 bits per heavy atom. The van der Waals surface area contributed by atoms with Gasteiger partial charge in [-0.1, -0.05) is 158 Å². The number of benzene rings is 10. The van der Waals surface area contributed by atoms with E-state index in [9.17, 15) is 0 Å². The molecule has 0 N–H and O–H groups in total. The van der Waals surface area contributed by atoms with Crippen molar-refractivity contribution in [1.82, 2.24) is 10.2 Å². The summed E-state index contributed by atoms with van der Waals surface area (Å²) < 4.78 is 0. The summed E-state index contributed by atoms with van der Waals surface area (Å²) >= 11 is 0. The molecule has 1 aromatic heterocycles. The van der Waals surface area contributed by atoms with Crippen LogP contribution in [-0.2, 0) is 0 Å². The van der Waals surface area contributed by atoms with E-state index in [1.54, 1.807) is 0 Å². The molecule has 11 aromatic carbocycles. The topological polar surface area (TPSA) is 25.8 Å². The molecule has 0 unspecified atom stereocenters. The maximum absolute atomic E-state index is 4.86. The van der Waals surface area contributed by atoms with Crippen LogP contribution in [0.2, 0.25) is 0 Å². The van der Waals surface area contributed by atoms with Crippen LogP contribution in [0.1, 0.15) is 0 Å². The lowest BCUT2D eigenvalue weighted by Crippen LogP contribution is -1.95. The average molecular weight is 683 g/mol. The molecule has 0 spiro atoms. The second-order valence-corrected chi connectivity index (χ2v) is 14.5. The lowest BCUT2D eigenvalue weighted by Gasteiger charge is -2.19. The fourth-order valence-electron chi connectivity index (χ4n) is 9.37. The molecule has 248 valence electrons. The van der Waals surface area contributed by atoms with Crippen LogP contribution in [0, 0.1) is 0 Å². The normalized spacial score (nSPS) is 12.1. The average Bonchev–Trinajstić information content (AvgIpc) is 3.24. The lowest BCUT2D eigenvalue weighted by molar-refractivity contribution is 1.05. The molecule has 12 aromatic rings. The van der Waals surface area contributed by atoms with Gasteiger partial charge in [-0.3, -0.25) is 0 Å². The molecule has 54 heavy (non-hydrogen) atoms. The van der Waals surface area contributed by atoms with E-state index < -0.39 is 0 Å². The third-order valence-electron chi connectivity index (χ3n) is 11.6. The van der Waals surface area contributed by atoms with Gasteiger partial charge in [0.1, 0.15) is 0 Å². The van der Waals surface area contributed by atoms with Crippen molar-refractivity contribution in [3.63, 3.8) is 0 Å². The third-order valence-corrected chi connectivity index (χ3v) is 11.6. The molecule has 0 atom stereocenters. The Kier molecular flexibility index (Phi) is 6.09. The van der Waals surface area contributed by atoms with Gasteiger partial charge in [-0.2, -0.15) is 0 Å². The quantitative estimate of drug-likeness (QED) is 0.137. The third kappa shape index (κ3) is 4.11. The smallest absolute Gasteiger partial charge is 0.0942 e. The summed E-state index contributed by atoms with van der Waals surface area (Å²) in [5, 5.41) is 29.7. The monoisotopic (exact) mass is 682 g/mol. The van der Waals surface area contributed by atoms with Gasteiger partial charge in [0.15, 0.2) is 0 Å². The highest BCUT2D eigenvalue weighted by Gasteiger charge is 2.21. The zero-order chi connectivity index (χ0) is 35.3. The van der Waals surface area contributed by atoms with Crippen LogP contribution in [0.5, 0.6) is 0 Å². The number of nitrogens with zero attached hydrogens (tertiary/aromatic N) is 2. The second-order valence-electron chi connectivity index (χ2n) is 14.5. The Morgan fingerprint density at radius 2 is 0.667 bits per heavy atom. The highest BCUT2D eigenvalue weighted by molar-refractivity contribution is 6.37. The summed E-state index contributed by atoms with van der Waals surface area (Å²) in [6.45, 7) is 0. The summed E-state index contributed by atoms with van der Waals surface area (Å²) in [7, 11) is 0. The van der Waals surface area contributed by atoms with Crippen molar-refractivity contribution in [3.8, 4) is 33.6 Å². The van der Waals surface area contributed by atoms with Crippen molar-refractivity contribution >= 4 is 86.2 Å². The summed E-state index contributed by atoms with van der Waals surface area (Å²) in [4.78, 5) is 0. The molecule has 2 nitrogen and oxygen atoms in total.